The molecule has 1 N–H and O–H groups in total. The summed E-state index contributed by atoms with van der Waals surface area (Å²) in [5.74, 6) is 0.845. The number of rotatable bonds is 3. The third-order valence-corrected chi connectivity index (χ3v) is 5.24. The Morgan fingerprint density at radius 1 is 1.16 bits per heavy atom. The summed E-state index contributed by atoms with van der Waals surface area (Å²) < 4.78 is 0. The minimum Gasteiger partial charge on any atom is -0.311 e. The van der Waals surface area contributed by atoms with Crippen LogP contribution < -0.4 is 5.32 Å². The molecule has 3 heteroatoms. The van der Waals surface area contributed by atoms with Crippen LogP contribution in [0, 0.1) is 5.92 Å². The Kier molecular flexibility index (Phi) is 4.07. The summed E-state index contributed by atoms with van der Waals surface area (Å²) in [6.45, 7) is 1.15. The van der Waals surface area contributed by atoms with Crippen molar-refractivity contribution >= 4 is 23.2 Å². The normalized spacial score (nSPS) is 28.1. The fourth-order valence-corrected chi connectivity index (χ4v) is 3.93. The van der Waals surface area contributed by atoms with Crippen LogP contribution in [0.3, 0.4) is 0 Å². The Balaban J connectivity index is 1.84. The molecule has 2 aliphatic rings. The lowest BCUT2D eigenvalue weighted by molar-refractivity contribution is 0.271. The lowest BCUT2D eigenvalue weighted by atomic mass is 9.82. The van der Waals surface area contributed by atoms with Gasteiger partial charge in [-0.1, -0.05) is 42.1 Å². The Bertz CT molecular complexity index is 446. The maximum atomic E-state index is 6.36. The van der Waals surface area contributed by atoms with Gasteiger partial charge in [0.1, 0.15) is 0 Å². The first-order valence-corrected chi connectivity index (χ1v) is 8.14. The van der Waals surface area contributed by atoms with Crippen molar-refractivity contribution in [3.8, 4) is 0 Å². The van der Waals surface area contributed by atoms with Crippen LogP contribution in [0.25, 0.3) is 0 Å². The SMILES string of the molecule is Clc1ccc(CC2(C3CC3)CCCCCN2)c(Cl)c1. The molecule has 1 atom stereocenters. The van der Waals surface area contributed by atoms with Gasteiger partial charge in [0, 0.05) is 15.6 Å². The maximum Gasteiger partial charge on any atom is 0.0453 e. The second kappa shape index (κ2) is 5.63. The van der Waals surface area contributed by atoms with Crippen molar-refractivity contribution in [3.05, 3.63) is 33.8 Å². The molecule has 1 unspecified atom stereocenters. The zero-order valence-corrected chi connectivity index (χ0v) is 12.7. The fraction of sp³-hybridized carbons (Fsp3) is 0.625. The molecule has 1 saturated heterocycles. The van der Waals surface area contributed by atoms with E-state index in [1.165, 1.54) is 44.1 Å². The average Bonchev–Trinajstić information content (AvgIpc) is 3.19. The Hall–Kier alpha value is -0.240. The topological polar surface area (TPSA) is 12.0 Å². The van der Waals surface area contributed by atoms with Crippen molar-refractivity contribution < 1.29 is 0 Å². The minimum atomic E-state index is 0.286. The summed E-state index contributed by atoms with van der Waals surface area (Å²) >= 11 is 12.4. The molecule has 104 valence electrons. The standard InChI is InChI=1S/C16H21Cl2N/c17-14-7-4-12(15(18)10-14)11-16(13-5-6-13)8-2-1-3-9-19-16/h4,7,10,13,19H,1-3,5-6,8-9,11H2. The maximum absolute atomic E-state index is 6.36. The third-order valence-electron chi connectivity index (χ3n) is 4.66. The first-order chi connectivity index (χ1) is 9.20. The van der Waals surface area contributed by atoms with Gasteiger partial charge in [-0.15, -0.1) is 0 Å². The number of hydrogen-bond donors (Lipinski definition) is 1. The molecule has 2 fully saturated rings. The molecule has 1 saturated carbocycles. The number of nitrogens with one attached hydrogen (secondary N) is 1. The van der Waals surface area contributed by atoms with E-state index in [2.05, 4.69) is 11.4 Å². The van der Waals surface area contributed by atoms with Crippen molar-refractivity contribution in [1.82, 2.24) is 5.32 Å². The van der Waals surface area contributed by atoms with Gasteiger partial charge >= 0.3 is 0 Å². The van der Waals surface area contributed by atoms with Crippen molar-refractivity contribution in [2.24, 2.45) is 5.92 Å². The number of halogens is 2. The van der Waals surface area contributed by atoms with Gasteiger partial charge < -0.3 is 5.32 Å². The highest BCUT2D eigenvalue weighted by Gasteiger charge is 2.44. The van der Waals surface area contributed by atoms with E-state index >= 15 is 0 Å². The second-order valence-electron chi connectivity index (χ2n) is 6.08. The molecule has 1 aliphatic carbocycles. The first kappa shape index (κ1) is 13.7. The summed E-state index contributed by atoms with van der Waals surface area (Å²) in [6.07, 6.45) is 9.09. The number of hydrogen-bond acceptors (Lipinski definition) is 1. The smallest absolute Gasteiger partial charge is 0.0453 e. The van der Waals surface area contributed by atoms with E-state index in [4.69, 9.17) is 23.2 Å². The molecule has 3 rings (SSSR count). The molecule has 0 spiro atoms. The molecule has 19 heavy (non-hydrogen) atoms. The van der Waals surface area contributed by atoms with Gasteiger partial charge in [0.05, 0.1) is 0 Å². The van der Waals surface area contributed by atoms with Crippen LogP contribution in [-0.2, 0) is 6.42 Å². The van der Waals surface area contributed by atoms with E-state index in [0.29, 0.717) is 0 Å². The van der Waals surface area contributed by atoms with E-state index < -0.39 is 0 Å². The van der Waals surface area contributed by atoms with Crippen LogP contribution in [-0.4, -0.2) is 12.1 Å². The summed E-state index contributed by atoms with van der Waals surface area (Å²) in [5.41, 5.74) is 1.53. The Morgan fingerprint density at radius 2 is 2.00 bits per heavy atom. The van der Waals surface area contributed by atoms with Crippen LogP contribution >= 0.6 is 23.2 Å². The predicted molar refractivity (Wildman–Crippen MR) is 82.1 cm³/mol. The summed E-state index contributed by atoms with van der Waals surface area (Å²) in [6, 6.07) is 5.93. The third kappa shape index (κ3) is 3.09. The summed E-state index contributed by atoms with van der Waals surface area (Å²) in [5, 5.41) is 5.40. The van der Waals surface area contributed by atoms with Gasteiger partial charge in [0.15, 0.2) is 0 Å². The zero-order valence-electron chi connectivity index (χ0n) is 11.2. The van der Waals surface area contributed by atoms with Crippen molar-refractivity contribution in [2.75, 3.05) is 6.54 Å². The van der Waals surface area contributed by atoms with Crippen LogP contribution in [0.2, 0.25) is 10.0 Å². The molecular formula is C16H21Cl2N. The predicted octanol–water partition coefficient (Wildman–Crippen LogP) is 4.85. The van der Waals surface area contributed by atoms with E-state index in [0.717, 1.165) is 28.9 Å². The summed E-state index contributed by atoms with van der Waals surface area (Å²) in [7, 11) is 0. The van der Waals surface area contributed by atoms with E-state index in [1.54, 1.807) is 0 Å². The van der Waals surface area contributed by atoms with Gasteiger partial charge in [0.25, 0.3) is 0 Å². The van der Waals surface area contributed by atoms with Crippen LogP contribution in [0.4, 0.5) is 0 Å². The van der Waals surface area contributed by atoms with E-state index in [9.17, 15) is 0 Å². The van der Waals surface area contributed by atoms with Crippen LogP contribution in [0.1, 0.15) is 44.1 Å². The van der Waals surface area contributed by atoms with Crippen molar-refractivity contribution in [2.45, 2.75) is 50.5 Å². The molecule has 1 aliphatic heterocycles. The zero-order chi connectivity index (χ0) is 13.3. The summed E-state index contributed by atoms with van der Waals surface area (Å²) in [4.78, 5) is 0. The molecule has 0 aromatic heterocycles. The van der Waals surface area contributed by atoms with E-state index in [-0.39, 0.29) is 5.54 Å². The fourth-order valence-electron chi connectivity index (χ4n) is 3.45. The van der Waals surface area contributed by atoms with Gasteiger partial charge in [-0.3, -0.25) is 0 Å². The second-order valence-corrected chi connectivity index (χ2v) is 6.92. The minimum absolute atomic E-state index is 0.286. The molecule has 1 heterocycles. The lowest BCUT2D eigenvalue weighted by Crippen LogP contribution is -2.48. The molecule has 0 bridgehead atoms. The molecule has 0 radical (unpaired) electrons. The van der Waals surface area contributed by atoms with Gasteiger partial charge in [-0.2, -0.15) is 0 Å². The van der Waals surface area contributed by atoms with Gasteiger partial charge in [-0.25, -0.2) is 0 Å². The molecule has 1 aromatic carbocycles. The largest absolute Gasteiger partial charge is 0.311 e. The van der Waals surface area contributed by atoms with Crippen LogP contribution in [0.5, 0.6) is 0 Å². The lowest BCUT2D eigenvalue weighted by Gasteiger charge is -2.35. The molecule has 1 nitrogen and oxygen atoms in total. The molecular weight excluding hydrogens is 277 g/mol. The monoisotopic (exact) mass is 297 g/mol. The average molecular weight is 298 g/mol. The van der Waals surface area contributed by atoms with Crippen molar-refractivity contribution in [3.63, 3.8) is 0 Å². The molecule has 1 aromatic rings. The number of benzene rings is 1. The first-order valence-electron chi connectivity index (χ1n) is 7.39. The van der Waals surface area contributed by atoms with Gasteiger partial charge in [0.2, 0.25) is 0 Å². The van der Waals surface area contributed by atoms with Crippen LogP contribution in [0.15, 0.2) is 18.2 Å². The Morgan fingerprint density at radius 3 is 2.74 bits per heavy atom. The highest BCUT2D eigenvalue weighted by molar-refractivity contribution is 6.35. The quantitative estimate of drug-likeness (QED) is 0.841. The Labute approximate surface area is 125 Å². The highest BCUT2D eigenvalue weighted by atomic mass is 35.5. The van der Waals surface area contributed by atoms with Gasteiger partial charge in [-0.05, 0) is 62.3 Å². The van der Waals surface area contributed by atoms with Crippen molar-refractivity contribution in [1.29, 1.82) is 0 Å². The molecule has 0 amide bonds. The van der Waals surface area contributed by atoms with E-state index in [1.807, 2.05) is 12.1 Å². The highest BCUT2D eigenvalue weighted by Crippen LogP contribution is 2.45.